The topological polar surface area (TPSA) is 29.3 Å². The minimum atomic E-state index is 0.826. The van der Waals surface area contributed by atoms with Gasteiger partial charge < -0.3 is 0 Å². The average molecular weight is 254 g/mol. The van der Waals surface area contributed by atoms with Crippen molar-refractivity contribution in [2.75, 3.05) is 6.54 Å². The maximum atomic E-state index is 6.02. The summed E-state index contributed by atoms with van der Waals surface area (Å²) < 4.78 is 0. The minimum Gasteiger partial charge on any atom is -0.268 e. The number of nitrogens with two attached hydrogens (primary N) is 1. The standard InChI is InChI=1S/C17H22N2/c18-19(15-17-12-5-2-6-13-17)14-8-7-11-16-9-3-1-4-10-16/h1-6,9-10,12-13H,7-8,11,14-15,18H2. The summed E-state index contributed by atoms with van der Waals surface area (Å²) in [5, 5.41) is 1.90. The largest absolute Gasteiger partial charge is 0.268 e. The van der Waals surface area contributed by atoms with E-state index in [0.29, 0.717) is 0 Å². The number of unbranched alkanes of at least 4 members (excludes halogenated alkanes) is 1. The smallest absolute Gasteiger partial charge is 0.0379 e. The number of hydrazine groups is 1. The quantitative estimate of drug-likeness (QED) is 0.466. The van der Waals surface area contributed by atoms with Crippen molar-refractivity contribution < 1.29 is 0 Å². The second kappa shape index (κ2) is 7.72. The second-order valence-electron chi connectivity index (χ2n) is 4.90. The van der Waals surface area contributed by atoms with Crippen LogP contribution >= 0.6 is 0 Å². The highest BCUT2D eigenvalue weighted by Gasteiger charge is 2.00. The van der Waals surface area contributed by atoms with Crippen LogP contribution in [0.3, 0.4) is 0 Å². The van der Waals surface area contributed by atoms with E-state index in [-0.39, 0.29) is 0 Å². The number of benzene rings is 2. The molecule has 2 rings (SSSR count). The fourth-order valence-corrected chi connectivity index (χ4v) is 2.19. The molecule has 19 heavy (non-hydrogen) atoms. The van der Waals surface area contributed by atoms with Gasteiger partial charge in [-0.25, -0.2) is 5.01 Å². The third-order valence-electron chi connectivity index (χ3n) is 3.23. The molecule has 0 spiro atoms. The van der Waals surface area contributed by atoms with E-state index in [4.69, 9.17) is 5.84 Å². The molecule has 2 N–H and O–H groups in total. The van der Waals surface area contributed by atoms with Crippen LogP contribution in [0.4, 0.5) is 0 Å². The molecule has 2 aromatic rings. The van der Waals surface area contributed by atoms with E-state index in [1.165, 1.54) is 17.5 Å². The molecule has 0 aromatic heterocycles. The Kier molecular flexibility index (Phi) is 5.60. The lowest BCUT2D eigenvalue weighted by atomic mass is 10.1. The van der Waals surface area contributed by atoms with Crippen LogP contribution in [-0.4, -0.2) is 11.6 Å². The van der Waals surface area contributed by atoms with Crippen LogP contribution in [0.2, 0.25) is 0 Å². The second-order valence-corrected chi connectivity index (χ2v) is 4.90. The summed E-state index contributed by atoms with van der Waals surface area (Å²) in [6.45, 7) is 1.77. The molecule has 0 atom stereocenters. The van der Waals surface area contributed by atoms with Gasteiger partial charge in [-0.15, -0.1) is 0 Å². The first kappa shape index (κ1) is 13.8. The molecule has 0 amide bonds. The third-order valence-corrected chi connectivity index (χ3v) is 3.23. The van der Waals surface area contributed by atoms with Crippen LogP contribution in [0.1, 0.15) is 24.0 Å². The number of aryl methyl sites for hydroxylation is 1. The van der Waals surface area contributed by atoms with Gasteiger partial charge in [-0.2, -0.15) is 0 Å². The van der Waals surface area contributed by atoms with Gasteiger partial charge in [0.05, 0.1) is 0 Å². The molecule has 0 unspecified atom stereocenters. The molecular formula is C17H22N2. The van der Waals surface area contributed by atoms with Crippen molar-refractivity contribution in [2.45, 2.75) is 25.8 Å². The summed E-state index contributed by atoms with van der Waals surface area (Å²) in [6.07, 6.45) is 3.46. The molecule has 2 nitrogen and oxygen atoms in total. The first-order valence-corrected chi connectivity index (χ1v) is 6.92. The normalized spacial score (nSPS) is 10.8. The molecule has 0 aliphatic carbocycles. The Morgan fingerprint density at radius 1 is 0.737 bits per heavy atom. The summed E-state index contributed by atoms with van der Waals surface area (Å²) in [4.78, 5) is 0. The molecule has 0 heterocycles. The summed E-state index contributed by atoms with van der Waals surface area (Å²) in [6, 6.07) is 21.0. The summed E-state index contributed by atoms with van der Waals surface area (Å²) in [7, 11) is 0. The predicted octanol–water partition coefficient (Wildman–Crippen LogP) is 3.39. The van der Waals surface area contributed by atoms with Crippen LogP contribution in [0.25, 0.3) is 0 Å². The van der Waals surface area contributed by atoms with E-state index >= 15 is 0 Å². The first-order valence-electron chi connectivity index (χ1n) is 6.92. The molecule has 0 fully saturated rings. The van der Waals surface area contributed by atoms with E-state index in [0.717, 1.165) is 25.9 Å². The van der Waals surface area contributed by atoms with Crippen molar-refractivity contribution in [1.29, 1.82) is 0 Å². The van der Waals surface area contributed by atoms with Crippen molar-refractivity contribution in [2.24, 2.45) is 5.84 Å². The van der Waals surface area contributed by atoms with E-state index in [1.54, 1.807) is 0 Å². The molecule has 100 valence electrons. The molecule has 2 heteroatoms. The van der Waals surface area contributed by atoms with Crippen LogP contribution in [0.5, 0.6) is 0 Å². The van der Waals surface area contributed by atoms with Gasteiger partial charge in [0, 0.05) is 13.1 Å². The Balaban J connectivity index is 1.63. The van der Waals surface area contributed by atoms with Gasteiger partial charge in [-0.3, -0.25) is 5.84 Å². The van der Waals surface area contributed by atoms with E-state index in [2.05, 4.69) is 54.6 Å². The highest BCUT2D eigenvalue weighted by Crippen LogP contribution is 2.06. The zero-order chi connectivity index (χ0) is 13.3. The van der Waals surface area contributed by atoms with Crippen molar-refractivity contribution in [3.8, 4) is 0 Å². The fraction of sp³-hybridized carbons (Fsp3) is 0.294. The van der Waals surface area contributed by atoms with Crippen LogP contribution < -0.4 is 5.84 Å². The van der Waals surface area contributed by atoms with Crippen LogP contribution in [-0.2, 0) is 13.0 Å². The average Bonchev–Trinajstić information content (AvgIpc) is 2.46. The Morgan fingerprint density at radius 2 is 1.32 bits per heavy atom. The third kappa shape index (κ3) is 5.25. The van der Waals surface area contributed by atoms with Crippen LogP contribution in [0, 0.1) is 0 Å². The molecule has 0 saturated carbocycles. The summed E-state index contributed by atoms with van der Waals surface area (Å²) in [5.41, 5.74) is 2.68. The van der Waals surface area contributed by atoms with Crippen molar-refractivity contribution in [3.63, 3.8) is 0 Å². The summed E-state index contributed by atoms with van der Waals surface area (Å²) in [5.74, 6) is 6.02. The first-order chi connectivity index (χ1) is 9.34. The zero-order valence-corrected chi connectivity index (χ0v) is 11.3. The lowest BCUT2D eigenvalue weighted by molar-refractivity contribution is 0.268. The van der Waals surface area contributed by atoms with Gasteiger partial charge in [-0.05, 0) is 30.4 Å². The Hall–Kier alpha value is -1.64. The number of rotatable bonds is 7. The molecule has 0 aliphatic rings. The molecule has 0 bridgehead atoms. The van der Waals surface area contributed by atoms with Gasteiger partial charge >= 0.3 is 0 Å². The lowest BCUT2D eigenvalue weighted by Crippen LogP contribution is -2.31. The lowest BCUT2D eigenvalue weighted by Gasteiger charge is -2.16. The van der Waals surface area contributed by atoms with Gasteiger partial charge in [0.2, 0.25) is 0 Å². The van der Waals surface area contributed by atoms with Crippen molar-refractivity contribution >= 4 is 0 Å². The Bertz CT molecular complexity index is 453. The van der Waals surface area contributed by atoms with Gasteiger partial charge in [0.15, 0.2) is 0 Å². The van der Waals surface area contributed by atoms with E-state index in [9.17, 15) is 0 Å². The molecular weight excluding hydrogens is 232 g/mol. The van der Waals surface area contributed by atoms with Crippen molar-refractivity contribution in [3.05, 3.63) is 71.8 Å². The maximum absolute atomic E-state index is 6.02. The number of hydrogen-bond donors (Lipinski definition) is 1. The fourth-order valence-electron chi connectivity index (χ4n) is 2.19. The van der Waals surface area contributed by atoms with Gasteiger partial charge in [0.25, 0.3) is 0 Å². The monoisotopic (exact) mass is 254 g/mol. The van der Waals surface area contributed by atoms with Crippen molar-refractivity contribution in [1.82, 2.24) is 5.01 Å². The number of hydrogen-bond acceptors (Lipinski definition) is 2. The van der Waals surface area contributed by atoms with Crippen LogP contribution in [0.15, 0.2) is 60.7 Å². The predicted molar refractivity (Wildman–Crippen MR) is 80.4 cm³/mol. The molecule has 0 saturated heterocycles. The summed E-state index contributed by atoms with van der Waals surface area (Å²) >= 11 is 0. The highest BCUT2D eigenvalue weighted by atomic mass is 15.4. The Labute approximate surface area is 115 Å². The highest BCUT2D eigenvalue weighted by molar-refractivity contribution is 5.15. The number of nitrogens with zero attached hydrogens (tertiary/aromatic N) is 1. The zero-order valence-electron chi connectivity index (χ0n) is 11.3. The van der Waals surface area contributed by atoms with Gasteiger partial charge in [-0.1, -0.05) is 60.7 Å². The maximum Gasteiger partial charge on any atom is 0.0379 e. The molecule has 0 radical (unpaired) electrons. The molecule has 2 aromatic carbocycles. The van der Waals surface area contributed by atoms with E-state index in [1.807, 2.05) is 11.1 Å². The Morgan fingerprint density at radius 3 is 1.95 bits per heavy atom. The minimum absolute atomic E-state index is 0.826. The van der Waals surface area contributed by atoms with Gasteiger partial charge in [0.1, 0.15) is 0 Å². The van der Waals surface area contributed by atoms with E-state index < -0.39 is 0 Å². The SMILES string of the molecule is NN(CCCCc1ccccc1)Cc1ccccc1. The molecule has 0 aliphatic heterocycles.